The molecule has 1 aromatic carbocycles. The van der Waals surface area contributed by atoms with E-state index in [-0.39, 0.29) is 0 Å². The first-order valence-electron chi connectivity index (χ1n) is 6.78. The van der Waals surface area contributed by atoms with E-state index in [2.05, 4.69) is 56.2 Å². The summed E-state index contributed by atoms with van der Waals surface area (Å²) in [5.41, 5.74) is 6.69. The normalized spacial score (nSPS) is 12.4. The van der Waals surface area contributed by atoms with Gasteiger partial charge < -0.3 is 5.32 Å². The fraction of sp³-hybridized carbons (Fsp3) is 0.353. The standard InChI is InChI=1S/C17H22N2/c1-12-8-13(2)17(14(3)9-12)15(4)19-11-16-6-5-7-18-10-16/h5-10,15,19H,11H2,1-4H3. The second-order valence-electron chi connectivity index (χ2n) is 5.28. The van der Waals surface area contributed by atoms with Crippen LogP contribution in [0, 0.1) is 20.8 Å². The highest BCUT2D eigenvalue weighted by Crippen LogP contribution is 2.23. The minimum absolute atomic E-state index is 0.348. The number of pyridine rings is 1. The third-order valence-electron chi connectivity index (χ3n) is 3.51. The van der Waals surface area contributed by atoms with E-state index in [1.54, 1.807) is 6.20 Å². The lowest BCUT2D eigenvalue weighted by atomic mass is 9.95. The summed E-state index contributed by atoms with van der Waals surface area (Å²) in [6.07, 6.45) is 3.72. The molecule has 19 heavy (non-hydrogen) atoms. The summed E-state index contributed by atoms with van der Waals surface area (Å²) in [7, 11) is 0. The minimum Gasteiger partial charge on any atom is -0.306 e. The fourth-order valence-electron chi connectivity index (χ4n) is 2.75. The summed E-state index contributed by atoms with van der Waals surface area (Å²) >= 11 is 0. The average molecular weight is 254 g/mol. The number of aromatic nitrogens is 1. The van der Waals surface area contributed by atoms with Crippen molar-refractivity contribution in [3.63, 3.8) is 0 Å². The third-order valence-corrected chi connectivity index (χ3v) is 3.51. The summed E-state index contributed by atoms with van der Waals surface area (Å²) in [6, 6.07) is 8.93. The van der Waals surface area contributed by atoms with Gasteiger partial charge in [-0.3, -0.25) is 4.98 Å². The summed E-state index contributed by atoms with van der Waals surface area (Å²) in [4.78, 5) is 4.14. The molecule has 0 spiro atoms. The number of rotatable bonds is 4. The summed E-state index contributed by atoms with van der Waals surface area (Å²) in [5.74, 6) is 0. The molecule has 1 atom stereocenters. The van der Waals surface area contributed by atoms with Crippen LogP contribution in [0.15, 0.2) is 36.7 Å². The van der Waals surface area contributed by atoms with E-state index in [9.17, 15) is 0 Å². The number of aryl methyl sites for hydroxylation is 3. The summed E-state index contributed by atoms with van der Waals surface area (Å²) < 4.78 is 0. The van der Waals surface area contributed by atoms with Crippen molar-refractivity contribution < 1.29 is 0 Å². The van der Waals surface area contributed by atoms with Gasteiger partial charge in [-0.25, -0.2) is 0 Å². The maximum Gasteiger partial charge on any atom is 0.0312 e. The van der Waals surface area contributed by atoms with Crippen LogP contribution in [0.2, 0.25) is 0 Å². The van der Waals surface area contributed by atoms with Crippen molar-refractivity contribution in [2.45, 2.75) is 40.3 Å². The Bertz CT molecular complexity index is 523. The second kappa shape index (κ2) is 5.98. The molecule has 1 unspecified atom stereocenters. The smallest absolute Gasteiger partial charge is 0.0312 e. The Morgan fingerprint density at radius 3 is 2.42 bits per heavy atom. The molecule has 2 nitrogen and oxygen atoms in total. The van der Waals surface area contributed by atoms with Crippen molar-refractivity contribution in [1.29, 1.82) is 0 Å². The van der Waals surface area contributed by atoms with Gasteiger partial charge in [-0.15, -0.1) is 0 Å². The van der Waals surface area contributed by atoms with Gasteiger partial charge in [0.25, 0.3) is 0 Å². The van der Waals surface area contributed by atoms with Crippen LogP contribution in [0.25, 0.3) is 0 Å². The van der Waals surface area contributed by atoms with Gasteiger partial charge in [-0.2, -0.15) is 0 Å². The van der Waals surface area contributed by atoms with Gasteiger partial charge in [0, 0.05) is 25.0 Å². The average Bonchev–Trinajstić information content (AvgIpc) is 2.36. The van der Waals surface area contributed by atoms with Gasteiger partial charge >= 0.3 is 0 Å². The molecule has 2 rings (SSSR count). The Kier molecular flexibility index (Phi) is 4.33. The van der Waals surface area contributed by atoms with Gasteiger partial charge in [0.1, 0.15) is 0 Å². The number of hydrogen-bond donors (Lipinski definition) is 1. The van der Waals surface area contributed by atoms with Crippen LogP contribution in [0.5, 0.6) is 0 Å². The Morgan fingerprint density at radius 2 is 1.84 bits per heavy atom. The van der Waals surface area contributed by atoms with Crippen LogP contribution in [-0.4, -0.2) is 4.98 Å². The maximum atomic E-state index is 4.14. The highest BCUT2D eigenvalue weighted by Gasteiger charge is 2.11. The van der Waals surface area contributed by atoms with Gasteiger partial charge in [0.05, 0.1) is 0 Å². The largest absolute Gasteiger partial charge is 0.306 e. The number of hydrogen-bond acceptors (Lipinski definition) is 2. The third kappa shape index (κ3) is 3.42. The Balaban J connectivity index is 2.10. The molecule has 0 fully saturated rings. The second-order valence-corrected chi connectivity index (χ2v) is 5.28. The van der Waals surface area contributed by atoms with Crippen molar-refractivity contribution in [3.05, 3.63) is 64.5 Å². The van der Waals surface area contributed by atoms with Crippen LogP contribution >= 0.6 is 0 Å². The molecule has 100 valence electrons. The quantitative estimate of drug-likeness (QED) is 0.896. The number of nitrogens with one attached hydrogen (secondary N) is 1. The first kappa shape index (κ1) is 13.8. The number of nitrogens with zero attached hydrogens (tertiary/aromatic N) is 1. The molecule has 2 heteroatoms. The zero-order valence-corrected chi connectivity index (χ0v) is 12.2. The molecule has 0 radical (unpaired) electrons. The van der Waals surface area contributed by atoms with Crippen LogP contribution in [0.4, 0.5) is 0 Å². The molecule has 1 aromatic heterocycles. The summed E-state index contributed by atoms with van der Waals surface area (Å²) in [6.45, 7) is 9.61. The van der Waals surface area contributed by atoms with E-state index in [0.717, 1.165) is 6.54 Å². The molecular formula is C17H22N2. The molecule has 2 aromatic rings. The van der Waals surface area contributed by atoms with Crippen LogP contribution in [0.1, 0.15) is 40.8 Å². The summed E-state index contributed by atoms with van der Waals surface area (Å²) in [5, 5.41) is 3.58. The molecule has 1 N–H and O–H groups in total. The van der Waals surface area contributed by atoms with Crippen molar-refractivity contribution in [2.75, 3.05) is 0 Å². The van der Waals surface area contributed by atoms with E-state index >= 15 is 0 Å². The van der Waals surface area contributed by atoms with Crippen LogP contribution < -0.4 is 5.32 Å². The van der Waals surface area contributed by atoms with E-state index in [4.69, 9.17) is 0 Å². The van der Waals surface area contributed by atoms with E-state index in [0.29, 0.717) is 6.04 Å². The maximum absolute atomic E-state index is 4.14. The number of benzene rings is 1. The van der Waals surface area contributed by atoms with Crippen LogP contribution in [0.3, 0.4) is 0 Å². The molecule has 0 aliphatic heterocycles. The Labute approximate surface area is 115 Å². The lowest BCUT2D eigenvalue weighted by Crippen LogP contribution is -2.20. The van der Waals surface area contributed by atoms with E-state index < -0.39 is 0 Å². The fourth-order valence-corrected chi connectivity index (χ4v) is 2.75. The Morgan fingerprint density at radius 1 is 1.16 bits per heavy atom. The first-order valence-corrected chi connectivity index (χ1v) is 6.78. The van der Waals surface area contributed by atoms with Gasteiger partial charge in [-0.05, 0) is 56.0 Å². The molecule has 0 saturated heterocycles. The zero-order chi connectivity index (χ0) is 13.8. The molecule has 1 heterocycles. The van der Waals surface area contributed by atoms with Crippen LogP contribution in [-0.2, 0) is 6.54 Å². The van der Waals surface area contributed by atoms with Crippen molar-refractivity contribution in [3.8, 4) is 0 Å². The zero-order valence-electron chi connectivity index (χ0n) is 12.2. The Hall–Kier alpha value is -1.67. The lowest BCUT2D eigenvalue weighted by Gasteiger charge is -2.20. The van der Waals surface area contributed by atoms with E-state index in [1.165, 1.54) is 27.8 Å². The highest BCUT2D eigenvalue weighted by atomic mass is 14.9. The van der Waals surface area contributed by atoms with E-state index in [1.807, 2.05) is 12.3 Å². The molecular weight excluding hydrogens is 232 g/mol. The molecule has 0 saturated carbocycles. The predicted octanol–water partition coefficient (Wildman–Crippen LogP) is 3.86. The predicted molar refractivity (Wildman–Crippen MR) is 80.1 cm³/mol. The highest BCUT2D eigenvalue weighted by molar-refractivity contribution is 5.39. The SMILES string of the molecule is Cc1cc(C)c(C(C)NCc2cccnc2)c(C)c1. The van der Waals surface area contributed by atoms with Gasteiger partial charge in [0.15, 0.2) is 0 Å². The molecule has 0 aliphatic rings. The monoisotopic (exact) mass is 254 g/mol. The van der Waals surface area contributed by atoms with Gasteiger partial charge in [0.2, 0.25) is 0 Å². The molecule has 0 amide bonds. The van der Waals surface area contributed by atoms with Gasteiger partial charge in [-0.1, -0.05) is 23.8 Å². The van der Waals surface area contributed by atoms with Crippen molar-refractivity contribution >= 4 is 0 Å². The minimum atomic E-state index is 0.348. The topological polar surface area (TPSA) is 24.9 Å². The molecule has 0 bridgehead atoms. The lowest BCUT2D eigenvalue weighted by molar-refractivity contribution is 0.568. The first-order chi connectivity index (χ1) is 9.08. The van der Waals surface area contributed by atoms with Crippen molar-refractivity contribution in [2.24, 2.45) is 0 Å². The van der Waals surface area contributed by atoms with Crippen molar-refractivity contribution in [1.82, 2.24) is 10.3 Å². The molecule has 0 aliphatic carbocycles.